The number of rotatable bonds is 14. The Bertz CT molecular complexity index is 2060. The van der Waals surface area contributed by atoms with Crippen LogP contribution in [0.1, 0.15) is 143 Å². The van der Waals surface area contributed by atoms with Crippen LogP contribution in [0.4, 0.5) is 0 Å². The first-order valence-corrected chi connectivity index (χ1v) is 24.9. The molecule has 9 heteroatoms. The van der Waals surface area contributed by atoms with Gasteiger partial charge in [-0.15, -0.1) is 35.9 Å². The molecular formula is C53H73B2N5O2-2. The maximum absolute atomic E-state index is 7.21. The molecule has 2 aromatic carbocycles. The normalized spacial score (nSPS) is 26.3. The van der Waals surface area contributed by atoms with E-state index in [-0.39, 0.29) is 10.8 Å². The van der Waals surface area contributed by atoms with E-state index in [0.717, 1.165) is 72.8 Å². The second-order valence-corrected chi connectivity index (χ2v) is 22.3. The van der Waals surface area contributed by atoms with Gasteiger partial charge in [-0.3, -0.25) is 9.36 Å². The van der Waals surface area contributed by atoms with E-state index in [1.165, 1.54) is 88.4 Å². The summed E-state index contributed by atoms with van der Waals surface area (Å²) in [7, 11) is 0. The number of hydrogen-bond acceptors (Lipinski definition) is 5. The van der Waals surface area contributed by atoms with Crippen LogP contribution < -0.4 is 9.31 Å². The van der Waals surface area contributed by atoms with Crippen LogP contribution >= 0.6 is 0 Å². The smallest absolute Gasteiger partial charge is 0.170 e. The predicted octanol–water partition coefficient (Wildman–Crippen LogP) is 14.4. The zero-order valence-corrected chi connectivity index (χ0v) is 38.9. The van der Waals surface area contributed by atoms with Crippen molar-refractivity contribution in [3.63, 3.8) is 0 Å². The zero-order chi connectivity index (χ0) is 43.0. The Morgan fingerprint density at radius 1 is 0.484 bits per heavy atom. The highest BCUT2D eigenvalue weighted by atomic mass is 16.5. The van der Waals surface area contributed by atoms with E-state index in [4.69, 9.17) is 24.5 Å². The van der Waals surface area contributed by atoms with Crippen molar-refractivity contribution < 1.29 is 9.31 Å². The first-order valence-electron chi connectivity index (χ1n) is 24.9. The number of para-hydroxylation sites is 2. The highest BCUT2D eigenvalue weighted by Gasteiger charge is 2.47. The third-order valence-electron chi connectivity index (χ3n) is 16.4. The van der Waals surface area contributed by atoms with Crippen molar-refractivity contribution in [2.75, 3.05) is 0 Å². The van der Waals surface area contributed by atoms with Crippen molar-refractivity contribution in [3.8, 4) is 34.3 Å². The van der Waals surface area contributed by atoms with E-state index in [1.807, 2.05) is 0 Å². The number of benzene rings is 2. The van der Waals surface area contributed by atoms with Gasteiger partial charge in [-0.2, -0.15) is 10.2 Å². The van der Waals surface area contributed by atoms with Gasteiger partial charge in [-0.05, 0) is 48.5 Å². The predicted molar refractivity (Wildman–Crippen MR) is 259 cm³/mol. The van der Waals surface area contributed by atoms with E-state index < -0.39 is 12.7 Å². The fourth-order valence-corrected chi connectivity index (χ4v) is 13.6. The Morgan fingerprint density at radius 2 is 0.839 bits per heavy atom. The monoisotopic (exact) mass is 834 g/mol. The lowest BCUT2D eigenvalue weighted by Gasteiger charge is -2.59. The SMILES string of the molecule is CC(C)(C)c1cc(-c2cccc(-c3cc(C(C)(C)C)n(CCC[B-]4(Oc5ccccc5)C5CCCC4CCC5)n3)n2)nn1CCC[B-]1(Oc2ccccc2)C2CCCC1CCC2. The number of pyridine rings is 1. The minimum Gasteiger partial charge on any atom is -0.712 e. The molecular weight excluding hydrogens is 760 g/mol. The van der Waals surface area contributed by atoms with Crippen LogP contribution in [-0.4, -0.2) is 37.2 Å². The van der Waals surface area contributed by atoms with Crippen LogP contribution in [0, 0.1) is 0 Å². The van der Waals surface area contributed by atoms with Gasteiger partial charge >= 0.3 is 0 Å². The lowest BCUT2D eigenvalue weighted by Crippen LogP contribution is -2.55. The van der Waals surface area contributed by atoms with Gasteiger partial charge in [-0.25, -0.2) is 4.98 Å². The molecule has 5 aromatic rings. The molecule has 4 saturated heterocycles. The summed E-state index contributed by atoms with van der Waals surface area (Å²) >= 11 is 0. The highest BCUT2D eigenvalue weighted by molar-refractivity contribution is 6.78. The van der Waals surface area contributed by atoms with E-state index in [2.05, 4.69) is 142 Å². The molecule has 0 unspecified atom stereocenters. The van der Waals surface area contributed by atoms with Crippen molar-refractivity contribution in [3.05, 3.63) is 102 Å². The molecule has 0 radical (unpaired) electrons. The zero-order valence-electron chi connectivity index (χ0n) is 38.9. The van der Waals surface area contributed by atoms with Crippen LogP contribution in [-0.2, 0) is 23.9 Å². The van der Waals surface area contributed by atoms with Crippen molar-refractivity contribution in [2.24, 2.45) is 0 Å². The van der Waals surface area contributed by atoms with Gasteiger partial charge in [0.2, 0.25) is 0 Å². The molecule has 0 saturated carbocycles. The Kier molecular flexibility index (Phi) is 12.3. The quantitative estimate of drug-likeness (QED) is 0.104. The lowest BCUT2D eigenvalue weighted by molar-refractivity contribution is 0.349. The van der Waals surface area contributed by atoms with E-state index >= 15 is 0 Å². The Labute approximate surface area is 373 Å². The molecule has 0 aliphatic carbocycles. The summed E-state index contributed by atoms with van der Waals surface area (Å²) in [5.41, 5.74) is 6.07. The number of aryl methyl sites for hydroxylation is 2. The molecule has 4 bridgehead atoms. The third kappa shape index (κ3) is 8.80. The molecule has 0 atom stereocenters. The molecule has 7 heterocycles. The summed E-state index contributed by atoms with van der Waals surface area (Å²) in [4.78, 5) is 5.30. The van der Waals surface area contributed by atoms with Gasteiger partial charge in [0.25, 0.3) is 0 Å². The van der Waals surface area contributed by atoms with Crippen LogP contribution in [0.3, 0.4) is 0 Å². The standard InChI is InChI=1S/C53H73B2N5O2/c1-52(2,3)50-38-48(57-59(50)36-18-34-54(61-44-28-9-7-10-29-44)40-20-13-21-41(54)23-14-22-40)46-32-17-33-47(56-46)49-39-51(53(4,5)6)60(58-49)37-19-35-55(62-45-30-11-8-12-31-45)42-24-15-25-43(55)27-16-26-42/h7-12,17,28-33,38-43H,13-16,18-27,34-37H2,1-6H3/q-2. The second-order valence-electron chi connectivity index (χ2n) is 22.3. The largest absolute Gasteiger partial charge is 0.712 e. The number of aromatic nitrogens is 5. The van der Waals surface area contributed by atoms with Crippen molar-refractivity contribution in [2.45, 2.75) is 191 Å². The first-order chi connectivity index (χ1) is 29.9. The van der Waals surface area contributed by atoms with E-state index in [1.54, 1.807) is 0 Å². The van der Waals surface area contributed by atoms with Gasteiger partial charge in [-0.1, -0.05) is 174 Å². The lowest BCUT2D eigenvalue weighted by atomic mass is 9.18. The van der Waals surface area contributed by atoms with Crippen molar-refractivity contribution >= 4 is 12.7 Å². The Balaban J connectivity index is 0.943. The van der Waals surface area contributed by atoms with Crippen LogP contribution in [0.5, 0.6) is 11.5 Å². The maximum Gasteiger partial charge on any atom is 0.170 e. The minimum atomic E-state index is -0.956. The average molecular weight is 834 g/mol. The molecule has 0 spiro atoms. The molecule has 4 fully saturated rings. The fourth-order valence-electron chi connectivity index (χ4n) is 13.6. The first kappa shape index (κ1) is 43.0. The highest BCUT2D eigenvalue weighted by Crippen LogP contribution is 2.57. The molecule has 3 aromatic heterocycles. The molecule has 62 heavy (non-hydrogen) atoms. The summed E-state index contributed by atoms with van der Waals surface area (Å²) in [6, 6.07) is 32.3. The van der Waals surface area contributed by atoms with Crippen molar-refractivity contribution in [1.29, 1.82) is 0 Å². The molecule has 4 aliphatic heterocycles. The van der Waals surface area contributed by atoms with Gasteiger partial charge in [0.1, 0.15) is 11.4 Å². The van der Waals surface area contributed by atoms with Crippen LogP contribution in [0.25, 0.3) is 22.8 Å². The molecule has 330 valence electrons. The van der Waals surface area contributed by atoms with E-state index in [0.29, 0.717) is 23.3 Å². The molecule has 0 N–H and O–H groups in total. The Hall–Kier alpha value is -4.26. The van der Waals surface area contributed by atoms with Crippen LogP contribution in [0.2, 0.25) is 35.9 Å². The fraction of sp³-hybridized carbons (Fsp3) is 0.566. The number of nitrogens with zero attached hydrogens (tertiary/aromatic N) is 5. The summed E-state index contributed by atoms with van der Waals surface area (Å²) < 4.78 is 19.0. The van der Waals surface area contributed by atoms with Gasteiger partial charge < -0.3 is 9.31 Å². The second kappa shape index (κ2) is 17.7. The Morgan fingerprint density at radius 3 is 1.18 bits per heavy atom. The van der Waals surface area contributed by atoms with Gasteiger partial charge in [0.05, 0.1) is 22.9 Å². The van der Waals surface area contributed by atoms with Gasteiger partial charge in [0, 0.05) is 35.3 Å². The molecule has 0 amide bonds. The number of hydrogen-bond donors (Lipinski definition) is 0. The molecule has 7 nitrogen and oxygen atoms in total. The molecule has 4 aliphatic rings. The maximum atomic E-state index is 7.21. The van der Waals surface area contributed by atoms with Crippen molar-refractivity contribution in [1.82, 2.24) is 24.5 Å². The molecule has 9 rings (SSSR count). The average Bonchev–Trinajstić information content (AvgIpc) is 3.88. The topological polar surface area (TPSA) is 67.0 Å². The summed E-state index contributed by atoms with van der Waals surface area (Å²) in [6.45, 7) is 15.6. The minimum absolute atomic E-state index is 0.0593. The van der Waals surface area contributed by atoms with Gasteiger partial charge in [0.15, 0.2) is 12.7 Å². The third-order valence-corrected chi connectivity index (χ3v) is 16.4. The van der Waals surface area contributed by atoms with E-state index in [9.17, 15) is 0 Å². The summed E-state index contributed by atoms with van der Waals surface area (Å²) in [5, 5.41) is 10.7. The number of fused-ring (bicyclic) bond motifs is 4. The summed E-state index contributed by atoms with van der Waals surface area (Å²) in [6.07, 6.45) is 18.4. The summed E-state index contributed by atoms with van der Waals surface area (Å²) in [5.74, 6) is 4.87. The van der Waals surface area contributed by atoms with Crippen LogP contribution in [0.15, 0.2) is 91.0 Å².